The van der Waals surface area contributed by atoms with Gasteiger partial charge in [0.2, 0.25) is 5.75 Å². The van der Waals surface area contributed by atoms with E-state index in [1.54, 1.807) is 31.1 Å². The van der Waals surface area contributed by atoms with Crippen LogP contribution in [0.1, 0.15) is 24.6 Å². The van der Waals surface area contributed by atoms with Crippen LogP contribution in [0, 0.1) is 11.3 Å². The molecule has 12 heteroatoms. The second-order valence-electron chi connectivity index (χ2n) is 7.77. The number of nitrogens with zero attached hydrogens (tertiary/aromatic N) is 4. The maximum Gasteiger partial charge on any atom is 0.321 e. The largest absolute Gasteiger partial charge is 0.449 e. The number of nitrogens with one attached hydrogen (secondary N) is 1. The Hall–Kier alpha value is -3.78. The molecule has 0 atom stereocenters. The molecule has 1 heterocycles. The molecule has 192 valence electrons. The Morgan fingerprint density at radius 1 is 1.36 bits per heavy atom. The highest BCUT2D eigenvalue weighted by Crippen LogP contribution is 2.34. The second kappa shape index (κ2) is 12.3. The smallest absolute Gasteiger partial charge is 0.321 e. The summed E-state index contributed by atoms with van der Waals surface area (Å²) in [6, 6.07) is 5.56. The van der Waals surface area contributed by atoms with Gasteiger partial charge in [-0.2, -0.15) is 14.0 Å². The number of alkyl halides is 3. The number of aromatic nitrogens is 2. The van der Waals surface area contributed by atoms with E-state index in [2.05, 4.69) is 10.3 Å². The van der Waals surface area contributed by atoms with Crippen molar-refractivity contribution in [3.05, 3.63) is 74.6 Å². The molecule has 0 aliphatic carbocycles. The molecule has 0 fully saturated rings. The number of likely N-dealkylation sites (N-methyl/N-ethyl adjacent to an activating group) is 2. The van der Waals surface area contributed by atoms with Crippen LogP contribution in [0.4, 0.5) is 13.2 Å². The van der Waals surface area contributed by atoms with E-state index in [0.717, 1.165) is 10.9 Å². The first-order valence-corrected chi connectivity index (χ1v) is 11.1. The monoisotopic (exact) mass is 523 g/mol. The molecular formula is C24H25ClF3N5O3. The molecule has 0 unspecified atom stereocenters. The Balaban J connectivity index is 2.65. The van der Waals surface area contributed by atoms with Crippen molar-refractivity contribution in [2.75, 3.05) is 27.8 Å². The Morgan fingerprint density at radius 2 is 2.06 bits per heavy atom. The van der Waals surface area contributed by atoms with Crippen LogP contribution in [0.3, 0.4) is 0 Å². The number of halogens is 4. The fraction of sp³-hybridized carbons (Fsp3) is 0.333. The number of rotatable bonds is 10. The van der Waals surface area contributed by atoms with Crippen LogP contribution < -0.4 is 15.6 Å². The van der Waals surface area contributed by atoms with Crippen molar-refractivity contribution in [3.8, 4) is 17.6 Å². The number of nitriles is 1. The Bertz CT molecular complexity index is 1280. The van der Waals surface area contributed by atoms with Gasteiger partial charge in [0.15, 0.2) is 12.4 Å². The van der Waals surface area contributed by atoms with Crippen LogP contribution >= 0.6 is 11.6 Å². The van der Waals surface area contributed by atoms with Crippen LogP contribution in [0.25, 0.3) is 0 Å². The van der Waals surface area contributed by atoms with Crippen molar-refractivity contribution in [2.24, 2.45) is 0 Å². The third kappa shape index (κ3) is 6.88. The van der Waals surface area contributed by atoms with Crippen LogP contribution in [-0.4, -0.2) is 48.2 Å². The molecular weight excluding hydrogens is 499 g/mol. The molecule has 0 spiro atoms. The van der Waals surface area contributed by atoms with E-state index in [4.69, 9.17) is 21.6 Å². The molecule has 0 saturated heterocycles. The summed E-state index contributed by atoms with van der Waals surface area (Å²) in [5, 5.41) is 11.7. The second-order valence-corrected chi connectivity index (χ2v) is 8.21. The Kier molecular flexibility index (Phi) is 9.69. The van der Waals surface area contributed by atoms with Gasteiger partial charge >= 0.3 is 5.92 Å². The highest BCUT2D eigenvalue weighted by Gasteiger charge is 2.39. The summed E-state index contributed by atoms with van der Waals surface area (Å²) in [6.07, 6.45) is 4.71. The molecule has 1 amide bonds. The number of carbonyl (C=O) groups excluding carboxylic acids is 1. The molecule has 1 aromatic heterocycles. The maximum atomic E-state index is 14.3. The molecule has 0 aliphatic heterocycles. The average molecular weight is 524 g/mol. The third-order valence-corrected chi connectivity index (χ3v) is 5.03. The van der Waals surface area contributed by atoms with Gasteiger partial charge in [0, 0.05) is 26.2 Å². The minimum atomic E-state index is -4.11. The lowest BCUT2D eigenvalue weighted by molar-refractivity contribution is -0.118. The lowest BCUT2D eigenvalue weighted by Gasteiger charge is -2.19. The van der Waals surface area contributed by atoms with Crippen LogP contribution in [-0.2, 0) is 17.3 Å². The lowest BCUT2D eigenvalue weighted by atomic mass is 10.1. The minimum Gasteiger partial charge on any atom is -0.449 e. The summed E-state index contributed by atoms with van der Waals surface area (Å²) >= 11 is 5.95. The van der Waals surface area contributed by atoms with Gasteiger partial charge in [0.25, 0.3) is 11.5 Å². The lowest BCUT2D eigenvalue weighted by Crippen LogP contribution is -2.30. The quantitative estimate of drug-likeness (QED) is 0.371. The zero-order chi connectivity index (χ0) is 27.0. The normalized spacial score (nSPS) is 12.2. The van der Waals surface area contributed by atoms with Crippen LogP contribution in [0.2, 0.25) is 5.02 Å². The van der Waals surface area contributed by atoms with Gasteiger partial charge in [-0.1, -0.05) is 24.6 Å². The number of allylic oxidation sites excluding steroid dienone is 3. The molecule has 1 aromatic carbocycles. The number of hydrogen-bond acceptors (Lipinski definition) is 6. The van der Waals surface area contributed by atoms with Crippen LogP contribution in [0.15, 0.2) is 52.7 Å². The summed E-state index contributed by atoms with van der Waals surface area (Å²) in [4.78, 5) is 30.7. The van der Waals surface area contributed by atoms with Crippen molar-refractivity contribution in [3.63, 3.8) is 0 Å². The van der Waals surface area contributed by atoms with Gasteiger partial charge < -0.3 is 15.0 Å². The Labute approximate surface area is 211 Å². The van der Waals surface area contributed by atoms with E-state index in [9.17, 15) is 22.8 Å². The van der Waals surface area contributed by atoms with Gasteiger partial charge in [-0.25, -0.2) is 9.37 Å². The van der Waals surface area contributed by atoms with Crippen LogP contribution in [0.5, 0.6) is 11.5 Å². The number of carbonyl (C=O) groups is 1. The van der Waals surface area contributed by atoms with Gasteiger partial charge in [-0.05, 0) is 36.3 Å². The zero-order valence-electron chi connectivity index (χ0n) is 20.1. The first-order chi connectivity index (χ1) is 17.0. The summed E-state index contributed by atoms with van der Waals surface area (Å²) in [5.41, 5.74) is -1.35. The average Bonchev–Trinajstić information content (AvgIpc) is 2.83. The summed E-state index contributed by atoms with van der Waals surface area (Å²) in [7, 11) is 4.80. The highest BCUT2D eigenvalue weighted by molar-refractivity contribution is 6.30. The third-order valence-electron chi connectivity index (χ3n) is 4.81. The van der Waals surface area contributed by atoms with E-state index in [-0.39, 0.29) is 28.8 Å². The van der Waals surface area contributed by atoms with E-state index in [1.165, 1.54) is 25.2 Å². The minimum absolute atomic E-state index is 0.0595. The molecule has 2 aromatic rings. The van der Waals surface area contributed by atoms with Gasteiger partial charge in [0.05, 0.1) is 24.5 Å². The fourth-order valence-electron chi connectivity index (χ4n) is 3.13. The predicted molar refractivity (Wildman–Crippen MR) is 129 cm³/mol. The first-order valence-electron chi connectivity index (χ1n) is 10.7. The summed E-state index contributed by atoms with van der Waals surface area (Å²) in [6.45, 7) is -0.416. The van der Waals surface area contributed by atoms with E-state index in [1.807, 2.05) is 13.0 Å². The van der Waals surface area contributed by atoms with Crippen molar-refractivity contribution < 1.29 is 22.7 Å². The summed E-state index contributed by atoms with van der Waals surface area (Å²) < 4.78 is 48.3. The highest BCUT2D eigenvalue weighted by atomic mass is 35.5. The number of benzene rings is 1. The van der Waals surface area contributed by atoms with Crippen molar-refractivity contribution in [2.45, 2.75) is 25.8 Å². The molecule has 8 nitrogen and oxygen atoms in total. The van der Waals surface area contributed by atoms with Crippen molar-refractivity contribution >= 4 is 17.5 Å². The van der Waals surface area contributed by atoms with E-state index in [0.29, 0.717) is 17.7 Å². The van der Waals surface area contributed by atoms with E-state index >= 15 is 0 Å². The Morgan fingerprint density at radius 3 is 2.61 bits per heavy atom. The molecule has 0 aliphatic rings. The maximum absolute atomic E-state index is 14.3. The molecule has 0 saturated carbocycles. The van der Waals surface area contributed by atoms with Crippen molar-refractivity contribution in [1.82, 2.24) is 19.8 Å². The number of amides is 1. The number of hydrogen-bond donors (Lipinski definition) is 1. The number of ether oxygens (including phenoxy) is 1. The molecule has 0 bridgehead atoms. The zero-order valence-corrected chi connectivity index (χ0v) is 20.9. The molecule has 0 radical (unpaired) electrons. The predicted octanol–water partition coefficient (Wildman–Crippen LogP) is 4.15. The summed E-state index contributed by atoms with van der Waals surface area (Å²) in [5.74, 6) is -5.57. The van der Waals surface area contributed by atoms with Gasteiger partial charge in [-0.3, -0.25) is 14.2 Å². The topological polar surface area (TPSA) is 100 Å². The van der Waals surface area contributed by atoms with E-state index < -0.39 is 29.6 Å². The van der Waals surface area contributed by atoms with Gasteiger partial charge in [0.1, 0.15) is 11.4 Å². The fourth-order valence-corrected chi connectivity index (χ4v) is 3.36. The van der Waals surface area contributed by atoms with Crippen molar-refractivity contribution in [1.29, 1.82) is 5.26 Å². The molecule has 36 heavy (non-hydrogen) atoms. The standard InChI is InChI=1S/C24H25ClF3N5O3/c1-5-6-15(9-19(32(3)4)22(34)30-2)12-33-14-31-21(24(27,28)13-26)20(23(33)35)36-18-8-16(11-29)7-17(25)10-18/h6-10,14H,5,12-13H2,1-4H3,(H,30,34)/b15-6-,19-9+. The molecule has 1 N–H and O–H groups in total. The first kappa shape index (κ1) is 28.5. The SMILES string of the molecule is CC/C=C(/C=C(\C(=O)NC)N(C)C)Cn1cnc(C(F)(F)CF)c(Oc2cc(Cl)cc(C#N)c2)c1=O. The molecule has 2 rings (SSSR count). The van der Waals surface area contributed by atoms with Gasteiger partial charge in [-0.15, -0.1) is 0 Å².